The first-order valence-electron chi connectivity index (χ1n) is 9.59. The number of benzene rings is 2. The minimum Gasteiger partial charge on any atom is -0.453 e. The Bertz CT molecular complexity index is 1050. The molecule has 176 valence electrons. The lowest BCUT2D eigenvalue weighted by Gasteiger charge is -2.13. The topological polar surface area (TPSA) is 135 Å². The van der Waals surface area contributed by atoms with Crippen molar-refractivity contribution in [3.05, 3.63) is 42.5 Å². The fourth-order valence-electron chi connectivity index (χ4n) is 2.41. The number of guanidine groups is 1. The highest BCUT2D eigenvalue weighted by atomic mass is 32.2. The Hall–Kier alpha value is -3.38. The summed E-state index contributed by atoms with van der Waals surface area (Å²) in [6.07, 6.45) is 0.387. The highest BCUT2D eigenvalue weighted by molar-refractivity contribution is 7.98. The van der Waals surface area contributed by atoms with Gasteiger partial charge in [-0.05, 0) is 48.7 Å². The highest BCUT2D eigenvalue weighted by Crippen LogP contribution is 2.30. The minimum atomic E-state index is -1.51. The van der Waals surface area contributed by atoms with Crippen LogP contribution in [0.5, 0.6) is 0 Å². The van der Waals surface area contributed by atoms with Crippen molar-refractivity contribution in [1.29, 1.82) is 0 Å². The van der Waals surface area contributed by atoms with Crippen LogP contribution in [-0.2, 0) is 25.1 Å². The van der Waals surface area contributed by atoms with E-state index in [2.05, 4.69) is 30.4 Å². The third-order valence-electron chi connectivity index (χ3n) is 4.09. The Labute approximate surface area is 198 Å². The van der Waals surface area contributed by atoms with Crippen molar-refractivity contribution in [2.75, 3.05) is 25.8 Å². The Morgan fingerprint density at radius 2 is 1.55 bits per heavy atom. The number of nitrogens with one attached hydrogen (secondary N) is 3. The van der Waals surface area contributed by atoms with Crippen LogP contribution in [0.1, 0.15) is 13.3 Å². The summed E-state index contributed by atoms with van der Waals surface area (Å²) in [5.41, 5.74) is 0.433. The Balaban J connectivity index is 2.48. The number of alkyl carbamates (subject to hydrolysis) is 2. The van der Waals surface area contributed by atoms with Crippen LogP contribution in [0.15, 0.2) is 62.1 Å². The number of aliphatic imine (C=N–C) groups is 1. The summed E-state index contributed by atoms with van der Waals surface area (Å²) in [7, 11) is 0.779. The summed E-state index contributed by atoms with van der Waals surface area (Å²) in [6.45, 7) is 1.68. The van der Waals surface area contributed by atoms with Gasteiger partial charge in [-0.1, -0.05) is 6.92 Å². The second kappa shape index (κ2) is 12.6. The Kier molecular flexibility index (Phi) is 9.88. The van der Waals surface area contributed by atoms with Crippen LogP contribution < -0.4 is 16.0 Å². The predicted octanol–water partition coefficient (Wildman–Crippen LogP) is 3.62. The van der Waals surface area contributed by atoms with E-state index in [0.717, 1.165) is 19.1 Å². The molecule has 0 aliphatic carbocycles. The van der Waals surface area contributed by atoms with Crippen LogP contribution in [0.25, 0.3) is 0 Å². The van der Waals surface area contributed by atoms with Gasteiger partial charge in [-0.25, -0.2) is 18.8 Å². The minimum absolute atomic E-state index is 0.193. The first kappa shape index (κ1) is 25.9. The van der Waals surface area contributed by atoms with Crippen molar-refractivity contribution < 1.29 is 28.1 Å². The molecule has 12 heteroatoms. The summed E-state index contributed by atoms with van der Waals surface area (Å²) >= 11 is 1.58. The molecule has 10 nitrogen and oxygen atoms in total. The summed E-state index contributed by atoms with van der Waals surface area (Å²) < 4.78 is 22.1. The van der Waals surface area contributed by atoms with Crippen LogP contribution >= 0.6 is 11.8 Å². The van der Waals surface area contributed by atoms with Gasteiger partial charge in [0.1, 0.15) is 0 Å². The molecule has 0 spiro atoms. The number of hydrogen-bond acceptors (Lipinski definition) is 8. The SMILES string of the molecule is CCC(=O)Nc1cc(S(=O)c2ccc(SC)cc2)ccc1N=C(NC(=O)OC)NC(=O)OC. The molecule has 0 saturated heterocycles. The molecule has 0 saturated carbocycles. The highest BCUT2D eigenvalue weighted by Gasteiger charge is 2.15. The van der Waals surface area contributed by atoms with Gasteiger partial charge in [0.25, 0.3) is 0 Å². The summed E-state index contributed by atoms with van der Waals surface area (Å²) in [5.74, 6) is -0.593. The van der Waals surface area contributed by atoms with Crippen molar-refractivity contribution >= 4 is 58.0 Å². The lowest BCUT2D eigenvalue weighted by Crippen LogP contribution is -2.43. The van der Waals surface area contributed by atoms with Gasteiger partial charge in [0.05, 0.1) is 36.4 Å². The molecule has 2 aromatic carbocycles. The molecule has 0 radical (unpaired) electrons. The molecule has 0 bridgehead atoms. The van der Waals surface area contributed by atoms with Gasteiger partial charge in [0.2, 0.25) is 11.9 Å². The van der Waals surface area contributed by atoms with Gasteiger partial charge in [-0.2, -0.15) is 0 Å². The molecule has 1 unspecified atom stereocenters. The zero-order chi connectivity index (χ0) is 24.4. The molecule has 0 aliphatic heterocycles. The Morgan fingerprint density at radius 3 is 2.06 bits per heavy atom. The molecule has 2 rings (SSSR count). The van der Waals surface area contributed by atoms with Crippen molar-refractivity contribution in [2.24, 2.45) is 4.99 Å². The third-order valence-corrected chi connectivity index (χ3v) is 6.22. The molecular formula is C21H24N4O6S2. The number of anilines is 1. The van der Waals surface area contributed by atoms with Crippen molar-refractivity contribution in [2.45, 2.75) is 28.0 Å². The van der Waals surface area contributed by atoms with E-state index in [1.807, 2.05) is 18.4 Å². The van der Waals surface area contributed by atoms with Crippen LogP contribution in [0.2, 0.25) is 0 Å². The number of thioether (sulfide) groups is 1. The van der Waals surface area contributed by atoms with E-state index in [1.165, 1.54) is 12.1 Å². The largest absolute Gasteiger partial charge is 0.453 e. The number of carbonyl (C=O) groups excluding carboxylic acids is 3. The monoisotopic (exact) mass is 492 g/mol. The lowest BCUT2D eigenvalue weighted by molar-refractivity contribution is -0.115. The quantitative estimate of drug-likeness (QED) is 0.318. The maximum atomic E-state index is 13.1. The van der Waals surface area contributed by atoms with E-state index in [-0.39, 0.29) is 29.7 Å². The van der Waals surface area contributed by atoms with Gasteiger partial charge >= 0.3 is 12.2 Å². The van der Waals surface area contributed by atoms with Gasteiger partial charge < -0.3 is 14.8 Å². The fraction of sp³-hybridized carbons (Fsp3) is 0.238. The number of hydrogen-bond donors (Lipinski definition) is 3. The zero-order valence-electron chi connectivity index (χ0n) is 18.5. The van der Waals surface area contributed by atoms with Crippen molar-refractivity contribution in [3.8, 4) is 0 Å². The fourth-order valence-corrected chi connectivity index (χ4v) is 3.89. The standard InChI is InChI=1S/C21H24N4O6S2/c1-5-18(26)22-17-12-15(33(29)14-8-6-13(32-4)7-9-14)10-11-16(17)23-19(24-20(27)30-2)25-21(28)31-3/h6-12H,5H2,1-4H3,(H,22,26)(H2,23,24,25,27,28). The van der Waals surface area contributed by atoms with E-state index < -0.39 is 23.0 Å². The van der Waals surface area contributed by atoms with E-state index in [1.54, 1.807) is 36.9 Å². The van der Waals surface area contributed by atoms with E-state index in [4.69, 9.17) is 0 Å². The molecule has 3 amide bonds. The molecule has 0 fully saturated rings. The molecule has 2 aromatic rings. The zero-order valence-corrected chi connectivity index (χ0v) is 20.1. The van der Waals surface area contributed by atoms with Crippen LogP contribution in [0.3, 0.4) is 0 Å². The van der Waals surface area contributed by atoms with Gasteiger partial charge in [-0.3, -0.25) is 15.4 Å². The maximum absolute atomic E-state index is 13.1. The first-order chi connectivity index (χ1) is 15.8. The van der Waals surface area contributed by atoms with E-state index >= 15 is 0 Å². The molecule has 0 aliphatic rings. The van der Waals surface area contributed by atoms with Crippen LogP contribution in [0, 0.1) is 0 Å². The third kappa shape index (κ3) is 7.61. The predicted molar refractivity (Wildman–Crippen MR) is 126 cm³/mol. The molecule has 3 N–H and O–H groups in total. The normalized spacial score (nSPS) is 11.0. The summed E-state index contributed by atoms with van der Waals surface area (Å²) in [6, 6.07) is 11.9. The second-order valence-electron chi connectivity index (χ2n) is 6.22. The van der Waals surface area contributed by atoms with E-state index in [9.17, 15) is 18.6 Å². The molecule has 0 heterocycles. The van der Waals surface area contributed by atoms with Gasteiger partial charge in [0.15, 0.2) is 0 Å². The lowest BCUT2D eigenvalue weighted by atomic mass is 10.2. The van der Waals surface area contributed by atoms with Gasteiger partial charge in [0, 0.05) is 21.1 Å². The van der Waals surface area contributed by atoms with Gasteiger partial charge in [-0.15, -0.1) is 11.8 Å². The maximum Gasteiger partial charge on any atom is 0.413 e. The number of carbonyl (C=O) groups is 3. The smallest absolute Gasteiger partial charge is 0.413 e. The average molecular weight is 493 g/mol. The molecule has 0 aromatic heterocycles. The molecule has 33 heavy (non-hydrogen) atoms. The molecular weight excluding hydrogens is 468 g/mol. The average Bonchev–Trinajstić information content (AvgIpc) is 2.84. The number of nitrogens with zero attached hydrogens (tertiary/aromatic N) is 1. The van der Waals surface area contributed by atoms with Crippen molar-refractivity contribution in [3.63, 3.8) is 0 Å². The van der Waals surface area contributed by atoms with Crippen LogP contribution in [0.4, 0.5) is 21.0 Å². The Morgan fingerprint density at radius 1 is 0.970 bits per heavy atom. The summed E-state index contributed by atoms with van der Waals surface area (Å²) in [4.78, 5) is 41.6. The first-order valence-corrected chi connectivity index (χ1v) is 12.0. The number of amides is 3. The number of rotatable bonds is 6. The number of methoxy groups -OCH3 is 2. The van der Waals surface area contributed by atoms with Crippen LogP contribution in [-0.4, -0.2) is 48.7 Å². The van der Waals surface area contributed by atoms with E-state index in [0.29, 0.717) is 9.79 Å². The number of ether oxygens (including phenoxy) is 2. The summed E-state index contributed by atoms with van der Waals surface area (Å²) in [5, 5.41) is 7.20. The second-order valence-corrected chi connectivity index (χ2v) is 8.58. The molecule has 1 atom stereocenters. The van der Waals surface area contributed by atoms with Crippen molar-refractivity contribution in [1.82, 2.24) is 10.6 Å².